The molecule has 3 aliphatic rings. The van der Waals surface area contributed by atoms with Crippen LogP contribution in [0.4, 0.5) is 10.5 Å². The molecule has 3 fully saturated rings. The van der Waals surface area contributed by atoms with Crippen molar-refractivity contribution in [3.63, 3.8) is 0 Å². The van der Waals surface area contributed by atoms with E-state index in [1.807, 2.05) is 12.1 Å². The molecule has 164 valence electrons. The molecule has 2 saturated heterocycles. The lowest BCUT2D eigenvalue weighted by Gasteiger charge is -2.48. The van der Waals surface area contributed by atoms with Crippen molar-refractivity contribution in [3.05, 3.63) is 29.8 Å². The SMILES string of the molecule is CCCCCc1ccc(NC(=O)O[C@@H]2CC[C@@]34CCCN3C(=O)CCC[C@H]4C2)cc1. The van der Waals surface area contributed by atoms with Crippen LogP contribution < -0.4 is 5.32 Å². The quantitative estimate of drug-likeness (QED) is 0.611. The van der Waals surface area contributed by atoms with Crippen LogP contribution in [0.25, 0.3) is 0 Å². The van der Waals surface area contributed by atoms with E-state index in [1.54, 1.807) is 0 Å². The van der Waals surface area contributed by atoms with Crippen molar-refractivity contribution in [1.82, 2.24) is 4.90 Å². The number of anilines is 1. The summed E-state index contributed by atoms with van der Waals surface area (Å²) >= 11 is 0. The van der Waals surface area contributed by atoms with Gasteiger partial charge in [0.1, 0.15) is 6.10 Å². The highest BCUT2D eigenvalue weighted by molar-refractivity contribution is 5.84. The Kier molecular flexibility index (Phi) is 6.64. The van der Waals surface area contributed by atoms with Crippen LogP contribution in [0.3, 0.4) is 0 Å². The standard InChI is InChI=1S/C25H36N2O3/c1-2-3-4-7-19-10-12-21(13-11-19)26-24(29)30-22-14-16-25-15-6-17-27(25)23(28)9-5-8-20(25)18-22/h10-13,20,22H,2-9,14-18H2,1H3,(H,26,29)/t20-,22+,25+/m0/s1. The number of nitrogens with one attached hydrogen (secondary N) is 1. The van der Waals surface area contributed by atoms with E-state index in [1.165, 1.54) is 24.8 Å². The third kappa shape index (κ3) is 4.50. The molecule has 2 aliphatic heterocycles. The fraction of sp³-hybridized carbons (Fsp3) is 0.680. The van der Waals surface area contributed by atoms with Gasteiger partial charge in [-0.15, -0.1) is 0 Å². The minimum Gasteiger partial charge on any atom is -0.446 e. The molecule has 0 unspecified atom stereocenters. The lowest BCUT2D eigenvalue weighted by Crippen LogP contribution is -2.54. The van der Waals surface area contributed by atoms with Gasteiger partial charge in [0.2, 0.25) is 5.91 Å². The van der Waals surface area contributed by atoms with Gasteiger partial charge in [0, 0.05) is 24.2 Å². The monoisotopic (exact) mass is 412 g/mol. The van der Waals surface area contributed by atoms with Crippen LogP contribution in [0.15, 0.2) is 24.3 Å². The molecule has 1 aromatic rings. The van der Waals surface area contributed by atoms with Crippen LogP contribution in [-0.2, 0) is 16.0 Å². The Labute approximate surface area is 180 Å². The molecular weight excluding hydrogens is 376 g/mol. The predicted molar refractivity (Wildman–Crippen MR) is 118 cm³/mol. The van der Waals surface area contributed by atoms with Crippen LogP contribution in [0.1, 0.15) is 83.1 Å². The van der Waals surface area contributed by atoms with Gasteiger partial charge in [-0.2, -0.15) is 0 Å². The Bertz CT molecular complexity index is 747. The molecule has 30 heavy (non-hydrogen) atoms. The second-order valence-corrected chi connectivity index (χ2v) is 9.42. The van der Waals surface area contributed by atoms with Gasteiger partial charge in [-0.1, -0.05) is 31.9 Å². The average Bonchev–Trinajstić information content (AvgIpc) is 3.11. The first kappa shape index (κ1) is 21.2. The zero-order valence-corrected chi connectivity index (χ0v) is 18.3. The number of amides is 2. The van der Waals surface area contributed by atoms with Crippen LogP contribution in [0, 0.1) is 5.92 Å². The molecule has 1 N–H and O–H groups in total. The minimum atomic E-state index is -0.359. The fourth-order valence-electron chi connectivity index (χ4n) is 5.99. The van der Waals surface area contributed by atoms with Gasteiger partial charge in [0.25, 0.3) is 0 Å². The first-order chi connectivity index (χ1) is 14.6. The molecule has 1 aliphatic carbocycles. The molecule has 0 aromatic heterocycles. The van der Waals surface area contributed by atoms with E-state index in [0.717, 1.165) is 63.6 Å². The van der Waals surface area contributed by atoms with Crippen molar-refractivity contribution >= 4 is 17.7 Å². The molecule has 0 radical (unpaired) electrons. The number of hydrogen-bond acceptors (Lipinski definition) is 3. The zero-order chi connectivity index (χ0) is 21.0. The molecule has 5 heteroatoms. The van der Waals surface area contributed by atoms with E-state index in [0.29, 0.717) is 18.2 Å². The third-order valence-electron chi connectivity index (χ3n) is 7.52. The number of benzene rings is 1. The molecule has 5 nitrogen and oxygen atoms in total. The summed E-state index contributed by atoms with van der Waals surface area (Å²) in [5.74, 6) is 0.797. The summed E-state index contributed by atoms with van der Waals surface area (Å²) in [7, 11) is 0. The number of rotatable bonds is 6. The Balaban J connectivity index is 1.30. The van der Waals surface area contributed by atoms with Crippen molar-refractivity contribution in [1.29, 1.82) is 0 Å². The lowest BCUT2D eigenvalue weighted by atomic mass is 9.69. The smallest absolute Gasteiger partial charge is 0.411 e. The largest absolute Gasteiger partial charge is 0.446 e. The van der Waals surface area contributed by atoms with Crippen molar-refractivity contribution < 1.29 is 14.3 Å². The van der Waals surface area contributed by atoms with Crippen molar-refractivity contribution in [2.75, 3.05) is 11.9 Å². The van der Waals surface area contributed by atoms with Crippen LogP contribution >= 0.6 is 0 Å². The Morgan fingerprint density at radius 3 is 2.80 bits per heavy atom. The highest BCUT2D eigenvalue weighted by Crippen LogP contribution is 2.49. The van der Waals surface area contributed by atoms with E-state index in [2.05, 4.69) is 29.3 Å². The summed E-state index contributed by atoms with van der Waals surface area (Å²) in [5, 5.41) is 2.89. The molecule has 0 bridgehead atoms. The number of carbonyl (C=O) groups excluding carboxylic acids is 2. The predicted octanol–water partition coefficient (Wildman–Crippen LogP) is 5.68. The van der Waals surface area contributed by atoms with Crippen LogP contribution in [-0.4, -0.2) is 35.1 Å². The second kappa shape index (κ2) is 9.40. The molecule has 1 saturated carbocycles. The van der Waals surface area contributed by atoms with E-state index < -0.39 is 0 Å². The number of unbranched alkanes of at least 4 members (excludes halogenated alkanes) is 2. The third-order valence-corrected chi connectivity index (χ3v) is 7.52. The van der Waals surface area contributed by atoms with Crippen molar-refractivity contribution in [3.8, 4) is 0 Å². The van der Waals surface area contributed by atoms with E-state index in [-0.39, 0.29) is 17.7 Å². The molecule has 1 spiro atoms. The van der Waals surface area contributed by atoms with Crippen molar-refractivity contribution in [2.45, 2.75) is 95.6 Å². The summed E-state index contributed by atoms with van der Waals surface area (Å²) in [5.41, 5.74) is 2.13. The second-order valence-electron chi connectivity index (χ2n) is 9.42. The molecule has 2 heterocycles. The van der Waals surface area contributed by atoms with Gasteiger partial charge in [-0.25, -0.2) is 4.79 Å². The van der Waals surface area contributed by atoms with E-state index in [4.69, 9.17) is 4.74 Å². The van der Waals surface area contributed by atoms with Crippen LogP contribution in [0.2, 0.25) is 0 Å². The maximum absolute atomic E-state index is 12.5. The lowest BCUT2D eigenvalue weighted by molar-refractivity contribution is -0.138. The van der Waals surface area contributed by atoms with Gasteiger partial charge in [0.05, 0.1) is 0 Å². The highest BCUT2D eigenvalue weighted by atomic mass is 16.6. The van der Waals surface area contributed by atoms with Gasteiger partial charge in [-0.3, -0.25) is 10.1 Å². The fourth-order valence-corrected chi connectivity index (χ4v) is 5.99. The Hall–Kier alpha value is -2.04. The first-order valence-electron chi connectivity index (χ1n) is 12.0. The summed E-state index contributed by atoms with van der Waals surface area (Å²) in [4.78, 5) is 27.2. The molecule has 4 rings (SSSR count). The number of carbonyl (C=O) groups is 2. The summed E-state index contributed by atoms with van der Waals surface area (Å²) in [6.45, 7) is 3.12. The molecule has 1 aromatic carbocycles. The Morgan fingerprint density at radius 1 is 1.17 bits per heavy atom. The normalized spacial score (nSPS) is 28.4. The molecular formula is C25H36N2O3. The first-order valence-corrected chi connectivity index (χ1v) is 12.0. The zero-order valence-electron chi connectivity index (χ0n) is 18.3. The number of nitrogens with zero attached hydrogens (tertiary/aromatic N) is 1. The number of ether oxygens (including phenoxy) is 1. The van der Waals surface area contributed by atoms with Gasteiger partial charge in [-0.05, 0) is 81.4 Å². The van der Waals surface area contributed by atoms with Gasteiger partial charge < -0.3 is 9.64 Å². The van der Waals surface area contributed by atoms with Crippen LogP contribution in [0.5, 0.6) is 0 Å². The van der Waals surface area contributed by atoms with Crippen molar-refractivity contribution in [2.24, 2.45) is 5.92 Å². The topological polar surface area (TPSA) is 58.6 Å². The maximum Gasteiger partial charge on any atom is 0.411 e. The highest BCUT2D eigenvalue weighted by Gasteiger charge is 2.52. The molecule has 3 atom stereocenters. The van der Waals surface area contributed by atoms with E-state index >= 15 is 0 Å². The summed E-state index contributed by atoms with van der Waals surface area (Å²) in [6.07, 6.45) is 12.0. The van der Waals surface area contributed by atoms with Gasteiger partial charge >= 0.3 is 6.09 Å². The number of hydrogen-bond donors (Lipinski definition) is 1. The number of aryl methyl sites for hydroxylation is 1. The van der Waals surface area contributed by atoms with E-state index in [9.17, 15) is 9.59 Å². The maximum atomic E-state index is 12.5. The molecule has 2 amide bonds. The van der Waals surface area contributed by atoms with Gasteiger partial charge in [0.15, 0.2) is 0 Å². The summed E-state index contributed by atoms with van der Waals surface area (Å²) in [6, 6.07) is 8.11. The average molecular weight is 413 g/mol. The Morgan fingerprint density at radius 2 is 2.00 bits per heavy atom. The minimum absolute atomic E-state index is 0.0392. The summed E-state index contributed by atoms with van der Waals surface area (Å²) < 4.78 is 5.81.